The number of nitrogens with one attached hydrogen (secondary N) is 3. The molecule has 8 heteroatoms. The molecule has 1 heterocycles. The topological polar surface area (TPSA) is 92.3 Å². The molecule has 3 rings (SSSR count). The van der Waals surface area contributed by atoms with Gasteiger partial charge in [-0.2, -0.15) is 0 Å². The first-order valence-electron chi connectivity index (χ1n) is 8.94. The minimum absolute atomic E-state index is 0.263. The SMILES string of the molecule is COc1ccccc1NC(=O)Nc1nc(C)c(C(=O)Nc2ccc(C)c(C)c2)s1. The van der Waals surface area contributed by atoms with E-state index < -0.39 is 6.03 Å². The molecule has 0 saturated heterocycles. The lowest BCUT2D eigenvalue weighted by Gasteiger charge is -2.09. The zero-order valence-electron chi connectivity index (χ0n) is 16.6. The van der Waals surface area contributed by atoms with Gasteiger partial charge in [0.2, 0.25) is 0 Å². The molecule has 0 aliphatic heterocycles. The van der Waals surface area contributed by atoms with Crippen LogP contribution in [0.4, 0.5) is 21.3 Å². The average Bonchev–Trinajstić information content (AvgIpc) is 3.05. The number of amides is 3. The van der Waals surface area contributed by atoms with E-state index in [9.17, 15) is 9.59 Å². The second-order valence-electron chi connectivity index (χ2n) is 6.47. The lowest BCUT2D eigenvalue weighted by atomic mass is 10.1. The minimum atomic E-state index is -0.468. The summed E-state index contributed by atoms with van der Waals surface area (Å²) in [6, 6.07) is 12.4. The smallest absolute Gasteiger partial charge is 0.325 e. The number of carbonyl (C=O) groups excluding carboxylic acids is 2. The van der Waals surface area contributed by atoms with E-state index in [1.807, 2.05) is 38.1 Å². The van der Waals surface area contributed by atoms with E-state index in [2.05, 4.69) is 20.9 Å². The molecule has 3 aromatic rings. The molecule has 1 aromatic heterocycles. The maximum Gasteiger partial charge on any atom is 0.325 e. The number of benzene rings is 2. The Morgan fingerprint density at radius 1 is 0.966 bits per heavy atom. The van der Waals surface area contributed by atoms with Crippen LogP contribution < -0.4 is 20.7 Å². The van der Waals surface area contributed by atoms with Crippen molar-refractivity contribution >= 4 is 39.8 Å². The predicted octanol–water partition coefficient (Wildman–Crippen LogP) is 4.97. The highest BCUT2D eigenvalue weighted by atomic mass is 32.1. The molecule has 3 N–H and O–H groups in total. The van der Waals surface area contributed by atoms with Crippen LogP contribution in [-0.4, -0.2) is 24.0 Å². The molecule has 0 spiro atoms. The molecular weight excluding hydrogens is 388 g/mol. The van der Waals surface area contributed by atoms with Crippen molar-refractivity contribution in [2.45, 2.75) is 20.8 Å². The highest BCUT2D eigenvalue weighted by molar-refractivity contribution is 7.17. The van der Waals surface area contributed by atoms with E-state index in [0.717, 1.165) is 22.5 Å². The van der Waals surface area contributed by atoms with Crippen molar-refractivity contribution in [3.63, 3.8) is 0 Å². The van der Waals surface area contributed by atoms with Crippen LogP contribution in [0.1, 0.15) is 26.5 Å². The first-order chi connectivity index (χ1) is 13.9. The lowest BCUT2D eigenvalue weighted by Crippen LogP contribution is -2.19. The fraction of sp³-hybridized carbons (Fsp3) is 0.190. The zero-order chi connectivity index (χ0) is 21.0. The molecule has 2 aromatic carbocycles. The molecule has 0 radical (unpaired) electrons. The van der Waals surface area contributed by atoms with Gasteiger partial charge in [0.05, 0.1) is 18.5 Å². The number of para-hydroxylation sites is 2. The minimum Gasteiger partial charge on any atom is -0.495 e. The molecule has 0 unspecified atom stereocenters. The van der Waals surface area contributed by atoms with Crippen molar-refractivity contribution < 1.29 is 14.3 Å². The normalized spacial score (nSPS) is 10.3. The average molecular weight is 410 g/mol. The number of anilines is 3. The van der Waals surface area contributed by atoms with Gasteiger partial charge in [-0.15, -0.1) is 0 Å². The van der Waals surface area contributed by atoms with Crippen molar-refractivity contribution in [1.82, 2.24) is 4.98 Å². The summed E-state index contributed by atoms with van der Waals surface area (Å²) in [7, 11) is 1.53. The Kier molecular flexibility index (Phi) is 6.13. The van der Waals surface area contributed by atoms with Crippen molar-refractivity contribution in [3.8, 4) is 5.75 Å². The van der Waals surface area contributed by atoms with E-state index in [1.165, 1.54) is 7.11 Å². The Morgan fingerprint density at radius 2 is 1.72 bits per heavy atom. The molecule has 0 aliphatic carbocycles. The van der Waals surface area contributed by atoms with Gasteiger partial charge >= 0.3 is 6.03 Å². The number of hydrogen-bond acceptors (Lipinski definition) is 5. The van der Waals surface area contributed by atoms with E-state index in [4.69, 9.17) is 4.74 Å². The lowest BCUT2D eigenvalue weighted by molar-refractivity contribution is 0.103. The number of carbonyl (C=O) groups is 2. The first-order valence-corrected chi connectivity index (χ1v) is 9.76. The van der Waals surface area contributed by atoms with Gasteiger partial charge in [0, 0.05) is 5.69 Å². The van der Waals surface area contributed by atoms with Crippen LogP contribution in [0.3, 0.4) is 0 Å². The molecular formula is C21H22N4O3S. The summed E-state index contributed by atoms with van der Waals surface area (Å²) in [4.78, 5) is 29.6. The van der Waals surface area contributed by atoms with Crippen molar-refractivity contribution in [2.75, 3.05) is 23.1 Å². The summed E-state index contributed by atoms with van der Waals surface area (Å²) in [5.74, 6) is 0.285. The molecule has 0 fully saturated rings. The maximum atomic E-state index is 12.6. The van der Waals surface area contributed by atoms with Crippen molar-refractivity contribution in [2.24, 2.45) is 0 Å². The largest absolute Gasteiger partial charge is 0.495 e. The zero-order valence-corrected chi connectivity index (χ0v) is 17.4. The van der Waals surface area contributed by atoms with Gasteiger partial charge in [-0.1, -0.05) is 29.5 Å². The summed E-state index contributed by atoms with van der Waals surface area (Å²) in [6.45, 7) is 5.74. The van der Waals surface area contributed by atoms with Crippen LogP contribution in [0.5, 0.6) is 5.75 Å². The van der Waals surface area contributed by atoms with Gasteiger partial charge in [0.15, 0.2) is 5.13 Å². The van der Waals surface area contributed by atoms with Crippen LogP contribution in [-0.2, 0) is 0 Å². The third-order valence-electron chi connectivity index (χ3n) is 4.34. The van der Waals surface area contributed by atoms with Crippen molar-refractivity contribution in [1.29, 1.82) is 0 Å². The Morgan fingerprint density at radius 3 is 2.45 bits per heavy atom. The second kappa shape index (κ2) is 8.74. The first kappa shape index (κ1) is 20.3. The molecule has 0 bridgehead atoms. The van der Waals surface area contributed by atoms with Gasteiger partial charge in [0.25, 0.3) is 5.91 Å². The number of hydrogen-bond donors (Lipinski definition) is 3. The Balaban J connectivity index is 1.68. The highest BCUT2D eigenvalue weighted by Gasteiger charge is 2.17. The number of urea groups is 1. The highest BCUT2D eigenvalue weighted by Crippen LogP contribution is 2.26. The maximum absolute atomic E-state index is 12.6. The predicted molar refractivity (Wildman–Crippen MR) is 116 cm³/mol. The third kappa shape index (κ3) is 4.91. The quantitative estimate of drug-likeness (QED) is 0.553. The molecule has 3 amide bonds. The third-order valence-corrected chi connectivity index (χ3v) is 5.41. The molecule has 150 valence electrons. The summed E-state index contributed by atoms with van der Waals surface area (Å²) >= 11 is 1.12. The Labute approximate surface area is 173 Å². The number of methoxy groups -OCH3 is 1. The van der Waals surface area contributed by atoms with Gasteiger partial charge in [-0.25, -0.2) is 9.78 Å². The van der Waals surface area contributed by atoms with Gasteiger partial charge in [-0.3, -0.25) is 10.1 Å². The molecule has 29 heavy (non-hydrogen) atoms. The second-order valence-corrected chi connectivity index (χ2v) is 7.47. The summed E-state index contributed by atoms with van der Waals surface area (Å²) in [5.41, 5.74) is 4.05. The van der Waals surface area contributed by atoms with E-state index in [1.54, 1.807) is 25.1 Å². The number of aromatic nitrogens is 1. The number of aryl methyl sites for hydroxylation is 3. The summed E-state index contributed by atoms with van der Waals surface area (Å²) in [5, 5.41) is 8.58. The van der Waals surface area contributed by atoms with Gasteiger partial charge in [0.1, 0.15) is 10.6 Å². The van der Waals surface area contributed by atoms with E-state index in [-0.39, 0.29) is 5.91 Å². The monoisotopic (exact) mass is 410 g/mol. The fourth-order valence-corrected chi connectivity index (χ4v) is 3.52. The number of thiazole rings is 1. The molecule has 0 saturated carbocycles. The van der Waals surface area contributed by atoms with Crippen LogP contribution >= 0.6 is 11.3 Å². The summed E-state index contributed by atoms with van der Waals surface area (Å²) in [6.07, 6.45) is 0. The van der Waals surface area contributed by atoms with Gasteiger partial charge in [-0.05, 0) is 56.2 Å². The van der Waals surface area contributed by atoms with Crippen LogP contribution in [0.25, 0.3) is 0 Å². The molecule has 7 nitrogen and oxygen atoms in total. The fourth-order valence-electron chi connectivity index (χ4n) is 2.67. The number of rotatable bonds is 5. The van der Waals surface area contributed by atoms with E-state index in [0.29, 0.717) is 32.8 Å². The standard InChI is InChI=1S/C21H22N4O3S/c1-12-9-10-15(11-13(12)2)23-19(26)18-14(3)22-21(29-18)25-20(27)24-16-7-5-6-8-17(16)28-4/h5-11H,1-4H3,(H,23,26)(H2,22,24,25,27). The number of ether oxygens (including phenoxy) is 1. The van der Waals surface area contributed by atoms with Crippen LogP contribution in [0.2, 0.25) is 0 Å². The molecule has 0 aliphatic rings. The summed E-state index contributed by atoms with van der Waals surface area (Å²) < 4.78 is 5.21. The van der Waals surface area contributed by atoms with E-state index >= 15 is 0 Å². The van der Waals surface area contributed by atoms with Crippen LogP contribution in [0.15, 0.2) is 42.5 Å². The molecule has 0 atom stereocenters. The van der Waals surface area contributed by atoms with Crippen LogP contribution in [0, 0.1) is 20.8 Å². The van der Waals surface area contributed by atoms with Gasteiger partial charge < -0.3 is 15.4 Å². The Bertz CT molecular complexity index is 1060. The van der Waals surface area contributed by atoms with Crippen molar-refractivity contribution in [3.05, 3.63) is 64.2 Å². The Hall–Kier alpha value is -3.39. The number of nitrogens with zero attached hydrogens (tertiary/aromatic N) is 1.